The molecule has 0 aliphatic rings. The van der Waals surface area contributed by atoms with Crippen molar-refractivity contribution in [1.29, 1.82) is 0 Å². The highest BCUT2D eigenvalue weighted by Gasteiger charge is 2.25. The molecule has 2 N–H and O–H groups in total. The van der Waals surface area contributed by atoms with E-state index in [1.54, 1.807) is 26.0 Å². The van der Waals surface area contributed by atoms with Crippen LogP contribution in [-0.4, -0.2) is 30.8 Å². The Kier molecular flexibility index (Phi) is 8.25. The fraction of sp³-hybridized carbons (Fsp3) is 0.409. The molecule has 1 aromatic heterocycles. The van der Waals surface area contributed by atoms with Crippen LogP contribution >= 0.6 is 11.3 Å². The summed E-state index contributed by atoms with van der Waals surface area (Å²) in [6.07, 6.45) is 0. The Balaban J connectivity index is 2.16. The number of ketones is 1. The average molecular weight is 435 g/mol. The lowest BCUT2D eigenvalue weighted by Gasteiger charge is -2.22. The van der Waals surface area contributed by atoms with Crippen molar-refractivity contribution in [3.63, 3.8) is 0 Å². The number of ether oxygens (including phenoxy) is 1. The molecular formula is C22H27FN2O4S. The minimum Gasteiger partial charge on any atom is -0.462 e. The van der Waals surface area contributed by atoms with Gasteiger partial charge >= 0.3 is 5.97 Å². The first-order valence-electron chi connectivity index (χ1n) is 9.75. The predicted octanol–water partition coefficient (Wildman–Crippen LogP) is 4.50. The first kappa shape index (κ1) is 23.7. The zero-order valence-electron chi connectivity index (χ0n) is 17.8. The number of carbonyl (C=O) groups is 3. The second-order valence-electron chi connectivity index (χ2n) is 7.24. The molecule has 1 atom stereocenters. The summed E-state index contributed by atoms with van der Waals surface area (Å²) in [6, 6.07) is 5.99. The molecule has 0 aliphatic heterocycles. The van der Waals surface area contributed by atoms with E-state index >= 15 is 0 Å². The van der Waals surface area contributed by atoms with Crippen LogP contribution in [0, 0.1) is 18.7 Å². The van der Waals surface area contributed by atoms with Crippen LogP contribution in [0.3, 0.4) is 0 Å². The number of benzene rings is 1. The Morgan fingerprint density at radius 1 is 1.17 bits per heavy atom. The molecule has 30 heavy (non-hydrogen) atoms. The maximum Gasteiger partial charge on any atom is 0.341 e. The van der Waals surface area contributed by atoms with Gasteiger partial charge in [-0.05, 0) is 49.9 Å². The largest absolute Gasteiger partial charge is 0.462 e. The number of amides is 1. The fourth-order valence-electron chi connectivity index (χ4n) is 3.17. The van der Waals surface area contributed by atoms with E-state index in [9.17, 15) is 18.8 Å². The SMILES string of the molecule is CCOC(=O)c1c(NC(=O)CN[C@H](c2ccc(F)cc2)C(C)C)sc(C(C)=O)c1C. The van der Waals surface area contributed by atoms with E-state index in [4.69, 9.17) is 4.74 Å². The Morgan fingerprint density at radius 2 is 1.80 bits per heavy atom. The van der Waals surface area contributed by atoms with Crippen LogP contribution in [0.1, 0.15) is 64.9 Å². The normalized spacial score (nSPS) is 12.0. The molecule has 8 heteroatoms. The molecule has 0 bridgehead atoms. The number of esters is 1. The molecular weight excluding hydrogens is 407 g/mol. The lowest BCUT2D eigenvalue weighted by atomic mass is 9.96. The molecule has 0 aliphatic carbocycles. The fourth-order valence-corrected chi connectivity index (χ4v) is 4.27. The van der Waals surface area contributed by atoms with Gasteiger partial charge in [0.15, 0.2) is 5.78 Å². The van der Waals surface area contributed by atoms with Crippen LogP contribution in [0.2, 0.25) is 0 Å². The van der Waals surface area contributed by atoms with Gasteiger partial charge < -0.3 is 15.4 Å². The van der Waals surface area contributed by atoms with Gasteiger partial charge in [-0.1, -0.05) is 26.0 Å². The molecule has 0 fully saturated rings. The Morgan fingerprint density at radius 3 is 2.33 bits per heavy atom. The van der Waals surface area contributed by atoms with E-state index in [0.29, 0.717) is 15.4 Å². The topological polar surface area (TPSA) is 84.5 Å². The van der Waals surface area contributed by atoms with Gasteiger partial charge in [0.1, 0.15) is 10.8 Å². The minimum atomic E-state index is -0.576. The molecule has 0 saturated carbocycles. The lowest BCUT2D eigenvalue weighted by molar-refractivity contribution is -0.115. The van der Waals surface area contributed by atoms with Gasteiger partial charge in [0.25, 0.3) is 0 Å². The highest BCUT2D eigenvalue weighted by atomic mass is 32.1. The van der Waals surface area contributed by atoms with E-state index in [2.05, 4.69) is 10.6 Å². The number of nitrogens with one attached hydrogen (secondary N) is 2. The van der Waals surface area contributed by atoms with Gasteiger partial charge in [0.2, 0.25) is 5.91 Å². The number of carbonyl (C=O) groups excluding carboxylic acids is 3. The van der Waals surface area contributed by atoms with Gasteiger partial charge in [-0.25, -0.2) is 9.18 Å². The lowest BCUT2D eigenvalue weighted by Crippen LogP contribution is -2.33. The highest BCUT2D eigenvalue weighted by Crippen LogP contribution is 2.34. The first-order chi connectivity index (χ1) is 14.1. The van der Waals surface area contributed by atoms with E-state index in [-0.39, 0.29) is 48.2 Å². The van der Waals surface area contributed by atoms with E-state index in [1.165, 1.54) is 19.1 Å². The number of hydrogen-bond acceptors (Lipinski definition) is 6. The second kappa shape index (κ2) is 10.4. The van der Waals surface area contributed by atoms with E-state index in [0.717, 1.165) is 16.9 Å². The molecule has 1 aromatic carbocycles. The number of Topliss-reactive ketones (excluding diaryl/α,β-unsaturated/α-hetero) is 1. The van der Waals surface area contributed by atoms with Crippen molar-refractivity contribution in [2.24, 2.45) is 5.92 Å². The summed E-state index contributed by atoms with van der Waals surface area (Å²) in [5.74, 6) is -1.28. The molecule has 2 rings (SSSR count). The summed E-state index contributed by atoms with van der Waals surface area (Å²) in [4.78, 5) is 37.2. The third-order valence-electron chi connectivity index (χ3n) is 4.58. The number of anilines is 1. The maximum atomic E-state index is 13.2. The molecule has 0 saturated heterocycles. The summed E-state index contributed by atoms with van der Waals surface area (Å²) in [5.41, 5.74) is 1.58. The van der Waals surface area contributed by atoms with E-state index in [1.807, 2.05) is 13.8 Å². The smallest absolute Gasteiger partial charge is 0.341 e. The predicted molar refractivity (Wildman–Crippen MR) is 116 cm³/mol. The molecule has 1 amide bonds. The quantitative estimate of drug-likeness (QED) is 0.448. The van der Waals surface area contributed by atoms with Crippen LogP contribution in [0.25, 0.3) is 0 Å². The second-order valence-corrected chi connectivity index (χ2v) is 8.26. The minimum absolute atomic E-state index is 0.0190. The summed E-state index contributed by atoms with van der Waals surface area (Å²) in [7, 11) is 0. The third-order valence-corrected chi connectivity index (χ3v) is 5.89. The van der Waals surface area contributed by atoms with Gasteiger partial charge in [-0.3, -0.25) is 9.59 Å². The third kappa shape index (κ3) is 5.73. The zero-order chi connectivity index (χ0) is 22.4. The Hall–Kier alpha value is -2.58. The summed E-state index contributed by atoms with van der Waals surface area (Å²) < 4.78 is 18.3. The van der Waals surface area contributed by atoms with Crippen LogP contribution in [0.5, 0.6) is 0 Å². The molecule has 0 spiro atoms. The van der Waals surface area contributed by atoms with Crippen LogP contribution < -0.4 is 10.6 Å². The number of halogens is 1. The number of hydrogen-bond donors (Lipinski definition) is 2. The molecule has 0 radical (unpaired) electrons. The average Bonchev–Trinajstić information content (AvgIpc) is 2.99. The summed E-state index contributed by atoms with van der Waals surface area (Å²) >= 11 is 1.06. The molecule has 2 aromatic rings. The molecule has 162 valence electrons. The van der Waals surface area contributed by atoms with Crippen LogP contribution in [0.15, 0.2) is 24.3 Å². The monoisotopic (exact) mass is 434 g/mol. The standard InChI is InChI=1S/C22H27FN2O4S/c1-6-29-22(28)18-13(4)20(14(5)26)30-21(18)25-17(27)11-24-19(12(2)3)15-7-9-16(23)10-8-15/h7-10,12,19,24H,6,11H2,1-5H3,(H,25,27)/t19-/m0/s1. The first-order valence-corrected chi connectivity index (χ1v) is 10.6. The van der Waals surface area contributed by atoms with Gasteiger partial charge in [0.05, 0.1) is 23.6 Å². The maximum absolute atomic E-state index is 13.2. The van der Waals surface area contributed by atoms with E-state index < -0.39 is 5.97 Å². The van der Waals surface area contributed by atoms with Crippen molar-refractivity contribution in [3.8, 4) is 0 Å². The highest BCUT2D eigenvalue weighted by molar-refractivity contribution is 7.18. The van der Waals surface area contributed by atoms with Gasteiger partial charge in [-0.2, -0.15) is 0 Å². The molecule has 1 heterocycles. The van der Waals surface area contributed by atoms with Crippen LogP contribution in [-0.2, 0) is 9.53 Å². The van der Waals surface area contributed by atoms with Crippen molar-refractivity contribution in [2.75, 3.05) is 18.5 Å². The van der Waals surface area contributed by atoms with Crippen molar-refractivity contribution < 1.29 is 23.5 Å². The van der Waals surface area contributed by atoms with Crippen molar-refractivity contribution >= 4 is 34.0 Å². The molecule has 6 nitrogen and oxygen atoms in total. The van der Waals surface area contributed by atoms with Crippen molar-refractivity contribution in [3.05, 3.63) is 51.7 Å². The van der Waals surface area contributed by atoms with Gasteiger partial charge in [-0.15, -0.1) is 11.3 Å². The zero-order valence-corrected chi connectivity index (χ0v) is 18.6. The Labute approximate surface area is 179 Å². The van der Waals surface area contributed by atoms with Gasteiger partial charge in [0, 0.05) is 6.04 Å². The summed E-state index contributed by atoms with van der Waals surface area (Å²) in [6.45, 7) is 8.93. The Bertz CT molecular complexity index is 922. The van der Waals surface area contributed by atoms with Crippen molar-refractivity contribution in [1.82, 2.24) is 5.32 Å². The number of thiophene rings is 1. The van der Waals surface area contributed by atoms with Crippen molar-refractivity contribution in [2.45, 2.75) is 40.7 Å². The number of rotatable bonds is 9. The summed E-state index contributed by atoms with van der Waals surface area (Å²) in [5, 5.41) is 6.20. The molecule has 0 unspecified atom stereocenters. The van der Waals surface area contributed by atoms with Crippen LogP contribution in [0.4, 0.5) is 9.39 Å².